The van der Waals surface area contributed by atoms with Crippen LogP contribution >= 0.6 is 15.9 Å². The molecule has 0 bridgehead atoms. The lowest BCUT2D eigenvalue weighted by Gasteiger charge is -2.22. The van der Waals surface area contributed by atoms with Gasteiger partial charge in [-0.3, -0.25) is 4.79 Å². The normalized spacial score (nSPS) is 15.0. The minimum atomic E-state index is -0.332. The van der Waals surface area contributed by atoms with Crippen molar-refractivity contribution in [3.05, 3.63) is 40.4 Å². The van der Waals surface area contributed by atoms with E-state index in [1.165, 1.54) is 13.5 Å². The molecule has 1 aromatic carbocycles. The molecule has 0 aromatic heterocycles. The quantitative estimate of drug-likeness (QED) is 0.405. The zero-order valence-electron chi connectivity index (χ0n) is 14.9. The summed E-state index contributed by atoms with van der Waals surface area (Å²) in [6.07, 6.45) is 8.59. The maximum atomic E-state index is 12.4. The van der Waals surface area contributed by atoms with E-state index in [0.29, 0.717) is 28.1 Å². The molecular weight excluding hydrogens is 396 g/mol. The molecule has 0 radical (unpaired) electrons. The summed E-state index contributed by atoms with van der Waals surface area (Å²) in [6, 6.07) is 5.67. The first-order valence-corrected chi connectivity index (χ1v) is 9.42. The summed E-state index contributed by atoms with van der Waals surface area (Å²) < 4.78 is 11.6. The van der Waals surface area contributed by atoms with Gasteiger partial charge in [0.2, 0.25) is 0 Å². The lowest BCUT2D eigenvalue weighted by molar-refractivity contribution is -0.117. The van der Waals surface area contributed by atoms with Gasteiger partial charge >= 0.3 is 0 Å². The second kappa shape index (κ2) is 10.0. The highest BCUT2D eigenvalue weighted by molar-refractivity contribution is 9.10. The van der Waals surface area contributed by atoms with Gasteiger partial charge in [-0.2, -0.15) is 5.26 Å². The number of benzene rings is 1. The van der Waals surface area contributed by atoms with Crippen molar-refractivity contribution < 1.29 is 14.3 Å². The average molecular weight is 419 g/mol. The Kier molecular flexibility index (Phi) is 7.73. The van der Waals surface area contributed by atoms with Crippen molar-refractivity contribution in [3.8, 4) is 17.6 Å². The second-order valence-corrected chi connectivity index (χ2v) is 6.97. The van der Waals surface area contributed by atoms with E-state index < -0.39 is 0 Å². The van der Waals surface area contributed by atoms with Crippen LogP contribution in [0.15, 0.2) is 34.8 Å². The Labute approximate surface area is 162 Å². The first-order valence-electron chi connectivity index (χ1n) is 8.63. The van der Waals surface area contributed by atoms with Gasteiger partial charge in [-0.1, -0.05) is 31.9 Å². The number of amides is 1. The van der Waals surface area contributed by atoms with Crippen LogP contribution in [0.3, 0.4) is 0 Å². The van der Waals surface area contributed by atoms with E-state index in [4.69, 9.17) is 9.47 Å². The van der Waals surface area contributed by atoms with E-state index in [1.807, 2.05) is 6.07 Å². The van der Waals surface area contributed by atoms with E-state index in [0.717, 1.165) is 25.7 Å². The van der Waals surface area contributed by atoms with Crippen molar-refractivity contribution >= 4 is 27.9 Å². The number of hydrogen-bond acceptors (Lipinski definition) is 4. The summed E-state index contributed by atoms with van der Waals surface area (Å²) in [4.78, 5) is 12.4. The molecule has 26 heavy (non-hydrogen) atoms. The summed E-state index contributed by atoms with van der Waals surface area (Å²) in [5, 5.41) is 12.4. The molecule has 1 aliphatic carbocycles. The van der Waals surface area contributed by atoms with E-state index in [1.54, 1.807) is 24.3 Å². The maximum Gasteiger partial charge on any atom is 0.262 e. The van der Waals surface area contributed by atoms with Gasteiger partial charge in [0.15, 0.2) is 11.5 Å². The lowest BCUT2D eigenvalue weighted by Crippen LogP contribution is -2.36. The Morgan fingerprint density at radius 2 is 2.15 bits per heavy atom. The highest BCUT2D eigenvalue weighted by Crippen LogP contribution is 2.37. The predicted octanol–water partition coefficient (Wildman–Crippen LogP) is 4.38. The number of rotatable bonds is 7. The van der Waals surface area contributed by atoms with E-state index in [2.05, 4.69) is 27.8 Å². The Bertz CT molecular complexity index is 731. The van der Waals surface area contributed by atoms with Gasteiger partial charge < -0.3 is 14.8 Å². The molecule has 0 aliphatic heterocycles. The van der Waals surface area contributed by atoms with Crippen LogP contribution in [0.5, 0.6) is 11.5 Å². The van der Waals surface area contributed by atoms with Crippen LogP contribution in [0.1, 0.15) is 37.7 Å². The third kappa shape index (κ3) is 5.37. The fourth-order valence-electron chi connectivity index (χ4n) is 2.93. The van der Waals surface area contributed by atoms with Crippen LogP contribution in [-0.4, -0.2) is 25.7 Å². The van der Waals surface area contributed by atoms with Gasteiger partial charge in [-0.25, -0.2) is 0 Å². The molecule has 0 heterocycles. The fourth-order valence-corrected chi connectivity index (χ4v) is 3.50. The fraction of sp³-hybridized carbons (Fsp3) is 0.400. The number of nitrogens with one attached hydrogen (secondary N) is 1. The van der Waals surface area contributed by atoms with Crippen molar-refractivity contribution in [1.82, 2.24) is 5.32 Å². The number of nitrogens with zero attached hydrogens (tertiary/aromatic N) is 1. The Morgan fingerprint density at radius 3 is 2.77 bits per heavy atom. The molecule has 2 rings (SSSR count). The number of nitriles is 1. The highest BCUT2D eigenvalue weighted by Gasteiger charge is 2.18. The van der Waals surface area contributed by atoms with Crippen LogP contribution in [-0.2, 0) is 4.79 Å². The van der Waals surface area contributed by atoms with Crippen molar-refractivity contribution in [2.45, 2.75) is 38.1 Å². The lowest BCUT2D eigenvalue weighted by atomic mass is 9.95. The van der Waals surface area contributed by atoms with Crippen LogP contribution in [0, 0.1) is 11.3 Å². The zero-order chi connectivity index (χ0) is 18.9. The van der Waals surface area contributed by atoms with Gasteiger partial charge in [-0.05, 0) is 52.5 Å². The first-order chi connectivity index (χ1) is 12.6. The molecule has 1 aromatic rings. The summed E-state index contributed by atoms with van der Waals surface area (Å²) in [5.74, 6) is 0.730. The minimum Gasteiger partial charge on any atom is -0.493 e. The Morgan fingerprint density at radius 1 is 1.42 bits per heavy atom. The monoisotopic (exact) mass is 418 g/mol. The van der Waals surface area contributed by atoms with Crippen molar-refractivity contribution in [3.63, 3.8) is 0 Å². The number of carbonyl (C=O) groups excluding carboxylic acids is 1. The molecular formula is C20H23BrN2O3. The van der Waals surface area contributed by atoms with Crippen LogP contribution in [0.4, 0.5) is 0 Å². The Hall–Kier alpha value is -2.26. The largest absolute Gasteiger partial charge is 0.493 e. The number of methoxy groups -OCH3 is 1. The molecule has 1 aliphatic rings. The molecule has 1 N–H and O–H groups in total. The SMILES string of the molecule is C=CCOc1c(Br)cc(/C=C(\C#N)C(=O)NC2CCCCC2)cc1OC. The molecule has 0 atom stereocenters. The maximum absolute atomic E-state index is 12.4. The standard InChI is InChI=1S/C20H23BrN2O3/c1-3-9-26-19-17(21)11-14(12-18(19)25-2)10-15(13-22)20(24)23-16-7-5-4-6-8-16/h3,10-12,16H,1,4-9H2,2H3,(H,23,24)/b15-10+. The smallest absolute Gasteiger partial charge is 0.262 e. The highest BCUT2D eigenvalue weighted by atomic mass is 79.9. The van der Waals surface area contributed by atoms with Gasteiger partial charge in [0.05, 0.1) is 11.6 Å². The van der Waals surface area contributed by atoms with Crippen molar-refractivity contribution in [1.29, 1.82) is 5.26 Å². The number of hydrogen-bond donors (Lipinski definition) is 1. The number of ether oxygens (including phenoxy) is 2. The van der Waals surface area contributed by atoms with Crippen LogP contribution in [0.2, 0.25) is 0 Å². The summed E-state index contributed by atoms with van der Waals surface area (Å²) >= 11 is 3.45. The summed E-state index contributed by atoms with van der Waals surface area (Å²) in [5.41, 5.74) is 0.749. The van der Waals surface area contributed by atoms with Crippen LogP contribution < -0.4 is 14.8 Å². The summed E-state index contributed by atoms with van der Waals surface area (Å²) in [7, 11) is 1.54. The molecule has 1 fully saturated rings. The molecule has 0 unspecified atom stereocenters. The second-order valence-electron chi connectivity index (χ2n) is 6.11. The molecule has 5 nitrogen and oxygen atoms in total. The molecule has 1 saturated carbocycles. The first kappa shape index (κ1) is 20.1. The molecule has 0 saturated heterocycles. The topological polar surface area (TPSA) is 71.3 Å². The average Bonchev–Trinajstić information content (AvgIpc) is 2.65. The van der Waals surface area contributed by atoms with E-state index in [-0.39, 0.29) is 17.5 Å². The van der Waals surface area contributed by atoms with Gasteiger partial charge in [0, 0.05) is 6.04 Å². The molecule has 0 spiro atoms. The number of carbonyl (C=O) groups is 1. The predicted molar refractivity (Wildman–Crippen MR) is 105 cm³/mol. The molecule has 6 heteroatoms. The van der Waals surface area contributed by atoms with E-state index >= 15 is 0 Å². The van der Waals surface area contributed by atoms with Gasteiger partial charge in [-0.15, -0.1) is 0 Å². The summed E-state index contributed by atoms with van der Waals surface area (Å²) in [6.45, 7) is 3.97. The third-order valence-corrected chi connectivity index (χ3v) is 4.80. The molecule has 138 valence electrons. The minimum absolute atomic E-state index is 0.0734. The van der Waals surface area contributed by atoms with Crippen LogP contribution in [0.25, 0.3) is 6.08 Å². The number of halogens is 1. The van der Waals surface area contributed by atoms with Gasteiger partial charge in [0.25, 0.3) is 5.91 Å². The zero-order valence-corrected chi connectivity index (χ0v) is 16.5. The van der Waals surface area contributed by atoms with Crippen molar-refractivity contribution in [2.75, 3.05) is 13.7 Å². The molecule has 1 amide bonds. The van der Waals surface area contributed by atoms with Crippen molar-refractivity contribution in [2.24, 2.45) is 0 Å². The van der Waals surface area contributed by atoms with E-state index in [9.17, 15) is 10.1 Å². The Balaban J connectivity index is 2.21. The van der Waals surface area contributed by atoms with Gasteiger partial charge in [0.1, 0.15) is 18.2 Å². The third-order valence-electron chi connectivity index (χ3n) is 4.21.